The number of rotatable bonds is 4. The number of halogens is 1. The summed E-state index contributed by atoms with van der Waals surface area (Å²) in [5, 5.41) is 4.39. The maximum absolute atomic E-state index is 13.0. The van der Waals surface area contributed by atoms with Crippen LogP contribution in [-0.4, -0.2) is 26.9 Å². The molecule has 0 radical (unpaired) electrons. The molecule has 4 rings (SSSR count). The highest BCUT2D eigenvalue weighted by molar-refractivity contribution is 5.80. The van der Waals surface area contributed by atoms with Gasteiger partial charge in [-0.15, -0.1) is 0 Å². The average Bonchev–Trinajstić information content (AvgIpc) is 3.06. The number of aromatic nitrogens is 4. The van der Waals surface area contributed by atoms with Gasteiger partial charge in [0.2, 0.25) is 5.95 Å². The lowest BCUT2D eigenvalue weighted by Crippen LogP contribution is -2.02. The molecular formula is C19H15FN4O. The molecule has 0 atom stereocenters. The van der Waals surface area contributed by atoms with Crippen LogP contribution in [0.4, 0.5) is 4.39 Å². The van der Waals surface area contributed by atoms with Gasteiger partial charge >= 0.3 is 0 Å². The minimum Gasteiger partial charge on any atom is -0.497 e. The van der Waals surface area contributed by atoms with Gasteiger partial charge in [-0.25, -0.2) is 4.98 Å². The van der Waals surface area contributed by atoms with Gasteiger partial charge in [0.1, 0.15) is 11.3 Å². The van der Waals surface area contributed by atoms with Gasteiger partial charge in [0.25, 0.3) is 0 Å². The fourth-order valence-electron chi connectivity index (χ4n) is 2.72. The summed E-state index contributed by atoms with van der Waals surface area (Å²) in [7, 11) is 1.65. The smallest absolute Gasteiger partial charge is 0.212 e. The highest BCUT2D eigenvalue weighted by Crippen LogP contribution is 2.26. The third-order valence-corrected chi connectivity index (χ3v) is 4.02. The Kier molecular flexibility index (Phi) is 3.85. The first-order valence-electron chi connectivity index (χ1n) is 7.79. The first kappa shape index (κ1) is 15.3. The van der Waals surface area contributed by atoms with Crippen LogP contribution in [0.3, 0.4) is 0 Å². The van der Waals surface area contributed by atoms with E-state index in [0.717, 1.165) is 33.5 Å². The molecule has 25 heavy (non-hydrogen) atoms. The predicted octanol–water partition coefficient (Wildman–Crippen LogP) is 3.69. The van der Waals surface area contributed by atoms with Gasteiger partial charge in [-0.3, -0.25) is 9.67 Å². The van der Waals surface area contributed by atoms with E-state index in [4.69, 9.17) is 4.74 Å². The van der Waals surface area contributed by atoms with Crippen LogP contribution < -0.4 is 4.74 Å². The van der Waals surface area contributed by atoms with E-state index >= 15 is 0 Å². The van der Waals surface area contributed by atoms with E-state index in [1.165, 1.54) is 12.3 Å². The quantitative estimate of drug-likeness (QED) is 0.534. The van der Waals surface area contributed by atoms with Gasteiger partial charge in [0, 0.05) is 18.0 Å². The molecule has 0 aliphatic carbocycles. The molecule has 6 heteroatoms. The van der Waals surface area contributed by atoms with Crippen molar-refractivity contribution >= 4 is 11.0 Å². The Morgan fingerprint density at radius 2 is 1.92 bits per heavy atom. The molecule has 0 saturated heterocycles. The van der Waals surface area contributed by atoms with Crippen LogP contribution in [0.2, 0.25) is 0 Å². The van der Waals surface area contributed by atoms with Crippen molar-refractivity contribution in [2.45, 2.75) is 6.54 Å². The zero-order valence-electron chi connectivity index (χ0n) is 13.6. The van der Waals surface area contributed by atoms with Crippen molar-refractivity contribution in [3.8, 4) is 16.9 Å². The van der Waals surface area contributed by atoms with Crippen molar-refractivity contribution < 1.29 is 9.13 Å². The molecule has 0 fully saturated rings. The summed E-state index contributed by atoms with van der Waals surface area (Å²) in [6, 6.07) is 12.9. The van der Waals surface area contributed by atoms with Crippen molar-refractivity contribution in [2.75, 3.05) is 7.11 Å². The van der Waals surface area contributed by atoms with Gasteiger partial charge in [0.05, 0.1) is 25.4 Å². The number of benzene rings is 1. The van der Waals surface area contributed by atoms with Crippen molar-refractivity contribution in [3.05, 3.63) is 72.6 Å². The first-order chi connectivity index (χ1) is 12.2. The van der Waals surface area contributed by atoms with Crippen LogP contribution in [-0.2, 0) is 6.54 Å². The van der Waals surface area contributed by atoms with E-state index < -0.39 is 5.95 Å². The van der Waals surface area contributed by atoms with Crippen LogP contribution in [0.1, 0.15) is 5.56 Å². The highest BCUT2D eigenvalue weighted by atomic mass is 19.1. The third-order valence-electron chi connectivity index (χ3n) is 4.02. The summed E-state index contributed by atoms with van der Waals surface area (Å²) >= 11 is 0. The van der Waals surface area contributed by atoms with Crippen LogP contribution in [0.15, 0.2) is 61.1 Å². The molecule has 0 bridgehead atoms. The zero-order valence-corrected chi connectivity index (χ0v) is 13.6. The molecule has 4 aromatic rings. The van der Waals surface area contributed by atoms with Crippen LogP contribution in [0, 0.1) is 5.95 Å². The zero-order chi connectivity index (χ0) is 17.2. The standard InChI is InChI=1S/C19H15FN4O/c1-25-16-4-2-3-14(7-16)15-8-18-17(21-10-15)11-23-24(18)12-13-5-6-19(20)22-9-13/h2-11H,12H2,1H3. The molecule has 124 valence electrons. The molecule has 0 aliphatic heterocycles. The summed E-state index contributed by atoms with van der Waals surface area (Å²) < 4.78 is 20.1. The van der Waals surface area contributed by atoms with Crippen molar-refractivity contribution in [1.29, 1.82) is 0 Å². The average molecular weight is 334 g/mol. The van der Waals surface area contributed by atoms with Gasteiger partial charge < -0.3 is 4.74 Å². The Hall–Kier alpha value is -3.28. The fraction of sp³-hybridized carbons (Fsp3) is 0.105. The maximum Gasteiger partial charge on any atom is 0.212 e. The molecule has 5 nitrogen and oxygen atoms in total. The van der Waals surface area contributed by atoms with Gasteiger partial charge in [-0.05, 0) is 35.4 Å². The third kappa shape index (κ3) is 3.06. The highest BCUT2D eigenvalue weighted by Gasteiger charge is 2.08. The minimum absolute atomic E-state index is 0.490. The molecule has 1 aromatic carbocycles. The van der Waals surface area contributed by atoms with E-state index in [1.807, 2.05) is 41.2 Å². The number of methoxy groups -OCH3 is 1. The Morgan fingerprint density at radius 3 is 2.72 bits per heavy atom. The molecule has 0 saturated carbocycles. The second-order valence-electron chi connectivity index (χ2n) is 5.65. The van der Waals surface area contributed by atoms with Crippen molar-refractivity contribution in [1.82, 2.24) is 19.7 Å². The number of nitrogens with zero attached hydrogens (tertiary/aromatic N) is 4. The molecule has 0 amide bonds. The Labute approximate surface area is 143 Å². The predicted molar refractivity (Wildman–Crippen MR) is 92.8 cm³/mol. The van der Waals surface area contributed by atoms with Crippen LogP contribution in [0.5, 0.6) is 5.75 Å². The van der Waals surface area contributed by atoms with Crippen LogP contribution in [0.25, 0.3) is 22.2 Å². The van der Waals surface area contributed by atoms with Gasteiger partial charge in [-0.2, -0.15) is 9.49 Å². The van der Waals surface area contributed by atoms with E-state index in [1.54, 1.807) is 19.4 Å². The lowest BCUT2D eigenvalue weighted by Gasteiger charge is -2.07. The number of ether oxygens (including phenoxy) is 1. The lowest BCUT2D eigenvalue weighted by molar-refractivity contribution is 0.415. The summed E-state index contributed by atoms with van der Waals surface area (Å²) in [5.74, 6) is 0.305. The fourth-order valence-corrected chi connectivity index (χ4v) is 2.72. The largest absolute Gasteiger partial charge is 0.497 e. The summed E-state index contributed by atoms with van der Waals surface area (Å²) in [5.41, 5.74) is 4.58. The molecule has 0 spiro atoms. The number of fused-ring (bicyclic) bond motifs is 1. The Bertz CT molecular complexity index is 1030. The van der Waals surface area contributed by atoms with Gasteiger partial charge in [0.15, 0.2) is 0 Å². The second kappa shape index (κ2) is 6.32. The summed E-state index contributed by atoms with van der Waals surface area (Å²) in [6.07, 6.45) is 5.06. The molecular weight excluding hydrogens is 319 g/mol. The van der Waals surface area contributed by atoms with Gasteiger partial charge in [-0.1, -0.05) is 18.2 Å². The topological polar surface area (TPSA) is 52.8 Å². The van der Waals surface area contributed by atoms with Crippen molar-refractivity contribution in [2.24, 2.45) is 0 Å². The van der Waals surface area contributed by atoms with E-state index in [-0.39, 0.29) is 0 Å². The maximum atomic E-state index is 13.0. The molecule has 3 aromatic heterocycles. The van der Waals surface area contributed by atoms with E-state index in [0.29, 0.717) is 6.54 Å². The first-order valence-corrected chi connectivity index (χ1v) is 7.79. The summed E-state index contributed by atoms with van der Waals surface area (Å²) in [4.78, 5) is 8.18. The Balaban J connectivity index is 1.73. The Morgan fingerprint density at radius 1 is 1.00 bits per heavy atom. The monoisotopic (exact) mass is 334 g/mol. The molecule has 3 heterocycles. The summed E-state index contributed by atoms with van der Waals surface area (Å²) in [6.45, 7) is 0.500. The van der Waals surface area contributed by atoms with Crippen LogP contribution >= 0.6 is 0 Å². The SMILES string of the molecule is COc1cccc(-c2cnc3cnn(Cc4ccc(F)nc4)c3c2)c1. The van der Waals surface area contributed by atoms with Crippen molar-refractivity contribution in [3.63, 3.8) is 0 Å². The lowest BCUT2D eigenvalue weighted by atomic mass is 10.1. The number of pyridine rings is 2. The molecule has 0 N–H and O–H groups in total. The normalized spacial score (nSPS) is 11.0. The molecule has 0 unspecified atom stereocenters. The minimum atomic E-state index is -0.490. The number of hydrogen-bond acceptors (Lipinski definition) is 4. The van der Waals surface area contributed by atoms with E-state index in [2.05, 4.69) is 15.1 Å². The van der Waals surface area contributed by atoms with E-state index in [9.17, 15) is 4.39 Å². The number of hydrogen-bond donors (Lipinski definition) is 0. The second-order valence-corrected chi connectivity index (χ2v) is 5.65. The molecule has 0 aliphatic rings.